The number of esters is 2. The molecule has 270 valence electrons. The van der Waals surface area contributed by atoms with Crippen molar-refractivity contribution in [2.24, 2.45) is 0 Å². The molecule has 2 saturated carbocycles. The number of alkyl halides is 6. The SMILES string of the molecule is COC(=O)C(F)(F)S(=O)(=O)F.O=C(O)C(F)(F)S(=O)(=O)[O-].O=C(OC1CCCCC1)C(F)(F)SOO[O-].OC1CCCCC1.[Na+].[Na+].[Na+].[OH-]. The smallest absolute Gasteiger partial charge is 0.870 e. The zero-order valence-electron chi connectivity index (χ0n) is 25.7. The van der Waals surface area contributed by atoms with Gasteiger partial charge in [0.15, 0.2) is 10.1 Å². The second-order valence-electron chi connectivity index (χ2n) is 8.42. The normalized spacial score (nSPS) is 15.5. The van der Waals surface area contributed by atoms with Crippen molar-refractivity contribution in [3.05, 3.63) is 0 Å². The molecule has 2 aliphatic rings. The Balaban J connectivity index is -0.000000124. The third-order valence-electron chi connectivity index (χ3n) is 5.10. The number of hydrogen-bond acceptors (Lipinski definition) is 16. The Labute approximate surface area is 340 Å². The van der Waals surface area contributed by atoms with Crippen molar-refractivity contribution in [1.29, 1.82) is 0 Å². The van der Waals surface area contributed by atoms with Crippen molar-refractivity contribution in [1.82, 2.24) is 0 Å². The summed E-state index contributed by atoms with van der Waals surface area (Å²) >= 11 is -0.667. The van der Waals surface area contributed by atoms with Crippen LogP contribution in [-0.4, -0.2) is 90.1 Å². The summed E-state index contributed by atoms with van der Waals surface area (Å²) in [6.45, 7) is 0. The minimum Gasteiger partial charge on any atom is -0.870 e. The fourth-order valence-electron chi connectivity index (χ4n) is 2.90. The van der Waals surface area contributed by atoms with Gasteiger partial charge in [0, 0.05) is 0 Å². The molecule has 3 N–H and O–H groups in total. The molecule has 0 aromatic carbocycles. The molecule has 0 heterocycles. The summed E-state index contributed by atoms with van der Waals surface area (Å²) in [5, 5.41) is 14.2. The molecule has 0 amide bonds. The van der Waals surface area contributed by atoms with Crippen molar-refractivity contribution in [2.45, 2.75) is 92.2 Å². The predicted octanol–water partition coefficient (Wildman–Crippen LogP) is -7.27. The number of carboxylic acid groups (broad SMARTS) is 1. The molecular weight excluding hydrogens is 782 g/mol. The van der Waals surface area contributed by atoms with E-state index in [1.165, 1.54) is 19.3 Å². The van der Waals surface area contributed by atoms with Crippen LogP contribution in [0.1, 0.15) is 64.2 Å². The Morgan fingerprint density at radius 3 is 1.42 bits per heavy atom. The summed E-state index contributed by atoms with van der Waals surface area (Å²) in [5.41, 5.74) is 0. The average Bonchev–Trinajstić information content (AvgIpc) is 2.92. The molecule has 0 atom stereocenters. The van der Waals surface area contributed by atoms with Gasteiger partial charge in [-0.15, -0.1) is 0 Å². The van der Waals surface area contributed by atoms with Gasteiger partial charge in [-0.3, -0.25) is 5.04 Å². The van der Waals surface area contributed by atoms with Gasteiger partial charge in [0.2, 0.25) is 0 Å². The van der Waals surface area contributed by atoms with Crippen molar-refractivity contribution in [2.75, 3.05) is 7.11 Å². The Kier molecular flexibility index (Phi) is 36.1. The number of halogens is 7. The van der Waals surface area contributed by atoms with Crippen LogP contribution in [0.5, 0.6) is 0 Å². The monoisotopic (exact) mass is 810 g/mol. The van der Waals surface area contributed by atoms with Gasteiger partial charge in [0.1, 0.15) is 18.1 Å². The third kappa shape index (κ3) is 24.2. The van der Waals surface area contributed by atoms with Crippen LogP contribution in [0, 0.1) is 0 Å². The van der Waals surface area contributed by atoms with E-state index in [-0.39, 0.29) is 100 Å². The summed E-state index contributed by atoms with van der Waals surface area (Å²) < 4.78 is 143. The fourth-order valence-corrected chi connectivity index (χ4v) is 3.63. The maximum atomic E-state index is 12.9. The molecule has 0 spiro atoms. The Hall–Kier alpha value is 0.930. The van der Waals surface area contributed by atoms with Crippen molar-refractivity contribution >= 4 is 50.3 Å². The molecule has 0 aliphatic heterocycles. The quantitative estimate of drug-likeness (QED) is 0.0320. The van der Waals surface area contributed by atoms with Crippen LogP contribution >= 0.6 is 12.0 Å². The molecule has 48 heavy (non-hydrogen) atoms. The second-order valence-corrected chi connectivity index (χ2v) is 12.0. The predicted molar refractivity (Wildman–Crippen MR) is 128 cm³/mol. The van der Waals surface area contributed by atoms with E-state index in [4.69, 9.17) is 10.2 Å². The van der Waals surface area contributed by atoms with E-state index < -0.39 is 72.2 Å². The minimum atomic E-state index is -6.22. The molecule has 2 fully saturated rings. The van der Waals surface area contributed by atoms with Gasteiger partial charge in [0.25, 0.3) is 0 Å². The summed E-state index contributed by atoms with van der Waals surface area (Å²) in [5.74, 6) is -7.12. The molecule has 0 saturated heterocycles. The summed E-state index contributed by atoms with van der Waals surface area (Å²) in [6, 6.07) is 0. The number of hydrogen-bond donors (Lipinski definition) is 2. The Morgan fingerprint density at radius 1 is 0.792 bits per heavy atom. The van der Waals surface area contributed by atoms with E-state index in [2.05, 4.69) is 18.8 Å². The van der Waals surface area contributed by atoms with Crippen LogP contribution in [0.4, 0.5) is 30.2 Å². The van der Waals surface area contributed by atoms with Gasteiger partial charge in [0.05, 0.1) is 13.2 Å². The first-order valence-corrected chi connectivity index (χ1v) is 15.3. The second kappa shape index (κ2) is 28.4. The number of methoxy groups -OCH3 is 1. The van der Waals surface area contributed by atoms with E-state index in [1.54, 1.807) is 0 Å². The Morgan fingerprint density at radius 2 is 1.19 bits per heavy atom. The standard InChI is InChI=1S/C8H12F2O5S.C6H12O.C3H3F3O4S.C2H2F2O5S.3Na.H2O/c9-8(10,16-15-14-12)7(11)13-6-4-2-1-3-5-6;7-6-4-2-1-3-5-6;1-10-2(7)3(4,5)11(6,8)9;3-2(4,1(5)6)10(7,8)9;;;;/h6,12H,1-5H2;6-7H,1-5H2;1H3;(H,5,6)(H,7,8,9);;;;1H2/q;;;;3*+1;/p-3. The van der Waals surface area contributed by atoms with Crippen LogP contribution in [0.25, 0.3) is 0 Å². The third-order valence-corrected chi connectivity index (χ3v) is 7.18. The van der Waals surface area contributed by atoms with Crippen LogP contribution in [0.15, 0.2) is 0 Å². The number of rotatable bonds is 9. The number of carbonyl (C=O) groups excluding carboxylic acids is 2. The number of aliphatic hydroxyl groups is 1. The van der Waals surface area contributed by atoms with Crippen molar-refractivity contribution in [3.8, 4) is 0 Å². The van der Waals surface area contributed by atoms with E-state index in [9.17, 15) is 71.3 Å². The van der Waals surface area contributed by atoms with Gasteiger partial charge in [-0.1, -0.05) is 29.6 Å². The van der Waals surface area contributed by atoms with Crippen LogP contribution < -0.4 is 93.9 Å². The van der Waals surface area contributed by atoms with Crippen molar-refractivity contribution in [3.63, 3.8) is 0 Å². The molecule has 0 unspecified atom stereocenters. The molecular formula is C19H28F7Na3O16S3. The van der Waals surface area contributed by atoms with Gasteiger partial charge < -0.3 is 35.0 Å². The fraction of sp³-hybridized carbons (Fsp3) is 0.842. The number of carbonyl (C=O) groups is 3. The minimum absolute atomic E-state index is 0. The van der Waals surface area contributed by atoms with E-state index in [0.29, 0.717) is 20.0 Å². The first-order valence-electron chi connectivity index (χ1n) is 11.8. The number of aliphatic hydroxyl groups excluding tert-OH is 1. The maximum Gasteiger partial charge on any atom is 1.00 e. The Bertz CT molecular complexity index is 1130. The molecule has 0 aromatic rings. The zero-order chi connectivity index (χ0) is 35.0. The summed E-state index contributed by atoms with van der Waals surface area (Å²) in [6.07, 6.45) is 9.37. The molecule has 0 bridgehead atoms. The molecule has 29 heteroatoms. The molecule has 2 aliphatic carbocycles. The van der Waals surface area contributed by atoms with Gasteiger partial charge in [-0.25, -0.2) is 22.8 Å². The summed E-state index contributed by atoms with van der Waals surface area (Å²) in [4.78, 5) is 30.2. The van der Waals surface area contributed by atoms with Crippen LogP contribution in [-0.2, 0) is 53.6 Å². The molecule has 2 rings (SSSR count). The van der Waals surface area contributed by atoms with Gasteiger partial charge in [-0.05, 0) is 38.5 Å². The number of ether oxygens (including phenoxy) is 2. The zero-order valence-corrected chi connectivity index (χ0v) is 34.2. The largest absolute Gasteiger partial charge is 1.00 e. The molecule has 16 nitrogen and oxygen atoms in total. The topological polar surface area (TPSA) is 273 Å². The number of aliphatic carboxylic acids is 1. The first-order chi connectivity index (χ1) is 19.9. The van der Waals surface area contributed by atoms with E-state index in [0.717, 1.165) is 32.1 Å². The van der Waals surface area contributed by atoms with Crippen molar-refractivity contribution < 1.29 is 194 Å². The van der Waals surface area contributed by atoms with Gasteiger partial charge >= 0.3 is 133 Å². The first kappa shape index (κ1) is 61.0. The van der Waals surface area contributed by atoms with Gasteiger partial charge in [-0.2, -0.15) is 39.1 Å². The molecule has 0 radical (unpaired) electrons. The summed E-state index contributed by atoms with van der Waals surface area (Å²) in [7, 11) is -11.8. The van der Waals surface area contributed by atoms with Crippen LogP contribution in [0.2, 0.25) is 0 Å². The maximum absolute atomic E-state index is 12.9. The van der Waals surface area contributed by atoms with E-state index >= 15 is 0 Å². The average molecular weight is 811 g/mol. The van der Waals surface area contributed by atoms with Crippen LogP contribution in [0.3, 0.4) is 0 Å². The number of carboxylic acids is 1. The molecule has 0 aromatic heterocycles. The van der Waals surface area contributed by atoms with E-state index in [1.807, 2.05) is 0 Å².